The fraction of sp³-hybridized carbons (Fsp3) is 0.333. The number of hydrogen-bond acceptors (Lipinski definition) is 3. The Balaban J connectivity index is 1.84. The van der Waals surface area contributed by atoms with E-state index in [2.05, 4.69) is 0 Å². The monoisotopic (exact) mass is 322 g/mol. The maximum Gasteiger partial charge on any atom is 0.263 e. The molecule has 6 heteroatoms. The number of hydrogen-bond donors (Lipinski definition) is 1. The average Bonchev–Trinajstić information content (AvgIpc) is 2.89. The van der Waals surface area contributed by atoms with E-state index < -0.39 is 0 Å². The molecule has 1 aliphatic heterocycles. The number of thiocarbonyl (C=S) groups is 1. The number of nitrogens with zero attached hydrogens (tertiary/aromatic N) is 1. The van der Waals surface area contributed by atoms with Crippen molar-refractivity contribution >= 4 is 44.5 Å². The fourth-order valence-corrected chi connectivity index (χ4v) is 3.91. The van der Waals surface area contributed by atoms with E-state index >= 15 is 0 Å². The number of fused-ring (bicyclic) bond motifs is 1. The minimum absolute atomic E-state index is 0.0161. The molecule has 0 bridgehead atoms. The third-order valence-electron chi connectivity index (χ3n) is 3.80. The first-order valence-electron chi connectivity index (χ1n) is 6.82. The number of thiophene rings is 1. The second kappa shape index (κ2) is 5.69. The molecule has 1 aromatic heterocycles. The number of piperidine rings is 1. The molecule has 0 aliphatic carbocycles. The van der Waals surface area contributed by atoms with Crippen LogP contribution in [0, 0.1) is 11.7 Å². The zero-order chi connectivity index (χ0) is 15.0. The van der Waals surface area contributed by atoms with Crippen LogP contribution in [0.1, 0.15) is 22.5 Å². The van der Waals surface area contributed by atoms with E-state index in [0.29, 0.717) is 16.4 Å². The highest BCUT2D eigenvalue weighted by Gasteiger charge is 2.26. The van der Waals surface area contributed by atoms with Crippen molar-refractivity contribution in [2.24, 2.45) is 11.7 Å². The Morgan fingerprint density at radius 2 is 2.24 bits per heavy atom. The van der Waals surface area contributed by atoms with Gasteiger partial charge in [-0.3, -0.25) is 4.79 Å². The first kappa shape index (κ1) is 14.4. The summed E-state index contributed by atoms with van der Waals surface area (Å²) in [6, 6.07) is 6.40. The van der Waals surface area contributed by atoms with Crippen molar-refractivity contribution in [3.63, 3.8) is 0 Å². The Bertz CT molecular complexity index is 713. The van der Waals surface area contributed by atoms with Crippen molar-refractivity contribution in [3.8, 4) is 0 Å². The number of carbonyl (C=O) groups is 1. The Hall–Kier alpha value is -1.53. The summed E-state index contributed by atoms with van der Waals surface area (Å²) in [6.07, 6.45) is 1.85. The lowest BCUT2D eigenvalue weighted by molar-refractivity contribution is 0.0708. The van der Waals surface area contributed by atoms with Gasteiger partial charge in [0.05, 0.1) is 9.87 Å². The Morgan fingerprint density at radius 3 is 3.00 bits per heavy atom. The molecule has 1 atom stereocenters. The van der Waals surface area contributed by atoms with E-state index in [4.69, 9.17) is 18.0 Å². The third-order valence-corrected chi connectivity index (χ3v) is 5.22. The van der Waals surface area contributed by atoms with Gasteiger partial charge in [-0.2, -0.15) is 0 Å². The zero-order valence-corrected chi connectivity index (χ0v) is 13.0. The Labute approximate surface area is 131 Å². The molecule has 2 aromatic rings. The first-order valence-corrected chi connectivity index (χ1v) is 8.05. The molecule has 1 fully saturated rings. The highest BCUT2D eigenvalue weighted by molar-refractivity contribution is 7.80. The van der Waals surface area contributed by atoms with Crippen LogP contribution in [0.25, 0.3) is 10.1 Å². The number of carbonyl (C=O) groups excluding carboxylic acids is 1. The maximum atomic E-state index is 13.2. The zero-order valence-electron chi connectivity index (χ0n) is 11.3. The Morgan fingerprint density at radius 1 is 1.43 bits per heavy atom. The average molecular weight is 322 g/mol. The van der Waals surface area contributed by atoms with Crippen LogP contribution in [0.4, 0.5) is 4.39 Å². The van der Waals surface area contributed by atoms with Gasteiger partial charge < -0.3 is 10.6 Å². The molecule has 1 aromatic carbocycles. The van der Waals surface area contributed by atoms with Crippen molar-refractivity contribution in [3.05, 3.63) is 35.0 Å². The number of benzene rings is 1. The summed E-state index contributed by atoms with van der Waals surface area (Å²) in [7, 11) is 0. The van der Waals surface area contributed by atoms with Crippen LogP contribution in [0.2, 0.25) is 0 Å². The number of likely N-dealkylation sites (tertiary alicyclic amines) is 1. The molecule has 1 saturated heterocycles. The van der Waals surface area contributed by atoms with Crippen LogP contribution in [-0.2, 0) is 0 Å². The summed E-state index contributed by atoms with van der Waals surface area (Å²) in [6.45, 7) is 1.30. The molecule has 3 rings (SSSR count). The predicted molar refractivity (Wildman–Crippen MR) is 87.2 cm³/mol. The second-order valence-corrected chi connectivity index (χ2v) is 6.84. The van der Waals surface area contributed by atoms with Gasteiger partial charge in [-0.1, -0.05) is 18.3 Å². The molecule has 110 valence electrons. The van der Waals surface area contributed by atoms with Gasteiger partial charge in [0.1, 0.15) is 5.82 Å². The van der Waals surface area contributed by atoms with Crippen LogP contribution >= 0.6 is 23.6 Å². The largest absolute Gasteiger partial charge is 0.393 e. The van der Waals surface area contributed by atoms with Crippen molar-refractivity contribution in [2.45, 2.75) is 12.8 Å². The highest BCUT2D eigenvalue weighted by atomic mass is 32.1. The number of nitrogens with two attached hydrogens (primary N) is 1. The molecule has 0 saturated carbocycles. The summed E-state index contributed by atoms with van der Waals surface area (Å²) in [4.78, 5) is 15.5. The molecular weight excluding hydrogens is 307 g/mol. The van der Waals surface area contributed by atoms with Gasteiger partial charge >= 0.3 is 0 Å². The molecule has 0 spiro atoms. The van der Waals surface area contributed by atoms with Crippen LogP contribution in [-0.4, -0.2) is 28.9 Å². The minimum Gasteiger partial charge on any atom is -0.393 e. The van der Waals surface area contributed by atoms with Gasteiger partial charge in [0.15, 0.2) is 0 Å². The smallest absolute Gasteiger partial charge is 0.263 e. The minimum atomic E-state index is -0.283. The lowest BCUT2D eigenvalue weighted by Crippen LogP contribution is -2.43. The molecule has 1 unspecified atom stereocenters. The topological polar surface area (TPSA) is 46.3 Å². The molecule has 1 amide bonds. The van der Waals surface area contributed by atoms with Crippen LogP contribution in [0.15, 0.2) is 24.3 Å². The van der Waals surface area contributed by atoms with E-state index in [1.54, 1.807) is 11.0 Å². The van der Waals surface area contributed by atoms with Crippen molar-refractivity contribution < 1.29 is 9.18 Å². The molecule has 21 heavy (non-hydrogen) atoms. The molecular formula is C15H15FN2OS2. The quantitative estimate of drug-likeness (QED) is 0.864. The van der Waals surface area contributed by atoms with Crippen LogP contribution in [0.3, 0.4) is 0 Å². The molecule has 2 heterocycles. The number of halogens is 1. The first-order chi connectivity index (χ1) is 10.0. The van der Waals surface area contributed by atoms with Crippen LogP contribution < -0.4 is 5.73 Å². The lowest BCUT2D eigenvalue weighted by Gasteiger charge is -2.31. The van der Waals surface area contributed by atoms with Gasteiger partial charge in [0.2, 0.25) is 0 Å². The van der Waals surface area contributed by atoms with Crippen molar-refractivity contribution in [1.29, 1.82) is 0 Å². The highest BCUT2D eigenvalue weighted by Crippen LogP contribution is 2.28. The van der Waals surface area contributed by atoms with E-state index in [1.807, 2.05) is 6.07 Å². The fourth-order valence-electron chi connectivity index (χ4n) is 2.66. The summed E-state index contributed by atoms with van der Waals surface area (Å²) in [5.74, 6) is -0.197. The van der Waals surface area contributed by atoms with Crippen LogP contribution in [0.5, 0.6) is 0 Å². The molecule has 0 radical (unpaired) electrons. The van der Waals surface area contributed by atoms with E-state index in [9.17, 15) is 9.18 Å². The number of amides is 1. The maximum absolute atomic E-state index is 13.2. The van der Waals surface area contributed by atoms with Gasteiger partial charge in [-0.05, 0) is 36.4 Å². The summed E-state index contributed by atoms with van der Waals surface area (Å²) in [5.41, 5.74) is 5.70. The third kappa shape index (κ3) is 2.91. The van der Waals surface area contributed by atoms with Gasteiger partial charge in [0.25, 0.3) is 5.91 Å². The standard InChI is InChI=1S/C15H15FN2OS2/c16-11-4-3-9-6-13(21-12(9)7-11)15(19)18-5-1-2-10(8-18)14(17)20/h3-4,6-7,10H,1-2,5,8H2,(H2,17,20). The summed E-state index contributed by atoms with van der Waals surface area (Å²) >= 11 is 6.37. The Kier molecular flexibility index (Phi) is 3.91. The normalized spacial score (nSPS) is 18.9. The summed E-state index contributed by atoms with van der Waals surface area (Å²) < 4.78 is 14.0. The number of rotatable bonds is 2. The molecule has 3 nitrogen and oxygen atoms in total. The predicted octanol–water partition coefficient (Wildman–Crippen LogP) is 3.18. The van der Waals surface area contributed by atoms with E-state index in [1.165, 1.54) is 23.5 Å². The molecule has 1 aliphatic rings. The SMILES string of the molecule is NC(=S)C1CCCN(C(=O)c2cc3ccc(F)cc3s2)C1. The van der Waals surface area contributed by atoms with Crippen molar-refractivity contribution in [1.82, 2.24) is 4.90 Å². The van der Waals surface area contributed by atoms with E-state index in [-0.39, 0.29) is 17.6 Å². The second-order valence-electron chi connectivity index (χ2n) is 5.29. The molecule has 2 N–H and O–H groups in total. The van der Waals surface area contributed by atoms with Gasteiger partial charge in [0, 0.05) is 23.7 Å². The summed E-state index contributed by atoms with van der Waals surface area (Å²) in [5, 5.41) is 0.896. The van der Waals surface area contributed by atoms with Gasteiger partial charge in [-0.25, -0.2) is 4.39 Å². The van der Waals surface area contributed by atoms with Gasteiger partial charge in [-0.15, -0.1) is 11.3 Å². The lowest BCUT2D eigenvalue weighted by atomic mass is 9.98. The van der Waals surface area contributed by atoms with Crippen molar-refractivity contribution in [2.75, 3.05) is 13.1 Å². The van der Waals surface area contributed by atoms with E-state index in [0.717, 1.165) is 29.5 Å².